The van der Waals surface area contributed by atoms with E-state index in [-0.39, 0.29) is 30.8 Å². The lowest BCUT2D eigenvalue weighted by atomic mass is 10.1. The zero-order valence-corrected chi connectivity index (χ0v) is 22.5. The molecule has 0 spiro atoms. The molecule has 1 fully saturated rings. The van der Waals surface area contributed by atoms with E-state index in [0.29, 0.717) is 42.4 Å². The molecule has 1 atom stereocenters. The first-order valence-electron chi connectivity index (χ1n) is 13.0. The fourth-order valence-electron chi connectivity index (χ4n) is 4.23. The van der Waals surface area contributed by atoms with Gasteiger partial charge in [0, 0.05) is 55.3 Å². The van der Waals surface area contributed by atoms with Crippen molar-refractivity contribution in [3.63, 3.8) is 0 Å². The summed E-state index contributed by atoms with van der Waals surface area (Å²) in [6.45, 7) is 0.756. The summed E-state index contributed by atoms with van der Waals surface area (Å²) in [6.07, 6.45) is 5.89. The molecule has 1 aromatic heterocycles. The van der Waals surface area contributed by atoms with Gasteiger partial charge in [-0.05, 0) is 60.2 Å². The quantitative estimate of drug-likeness (QED) is 0.365. The number of ether oxygens (including phenoxy) is 1. The number of rotatable bonds is 10. The fourth-order valence-corrected chi connectivity index (χ4v) is 4.36. The summed E-state index contributed by atoms with van der Waals surface area (Å²) in [4.78, 5) is 44.4. The van der Waals surface area contributed by atoms with Crippen LogP contribution >= 0.6 is 11.6 Å². The maximum absolute atomic E-state index is 13.1. The van der Waals surface area contributed by atoms with E-state index in [1.54, 1.807) is 71.8 Å². The minimum Gasteiger partial charge on any atom is -0.490 e. The van der Waals surface area contributed by atoms with E-state index in [9.17, 15) is 18.8 Å². The van der Waals surface area contributed by atoms with Crippen LogP contribution in [-0.4, -0.2) is 59.4 Å². The second-order valence-corrected chi connectivity index (χ2v) is 9.78. The molecule has 0 bridgehead atoms. The van der Waals surface area contributed by atoms with Gasteiger partial charge in [-0.15, -0.1) is 0 Å². The molecule has 0 saturated carbocycles. The Bertz CT molecular complexity index is 1310. The molecule has 10 heteroatoms. The van der Waals surface area contributed by atoms with Gasteiger partial charge < -0.3 is 20.3 Å². The number of aromatic nitrogens is 1. The second kappa shape index (κ2) is 14.2. The van der Waals surface area contributed by atoms with Crippen molar-refractivity contribution in [1.29, 1.82) is 0 Å². The number of halogens is 2. The molecule has 2 heterocycles. The number of nitrogens with zero attached hydrogens (tertiary/aromatic N) is 2. The first-order valence-corrected chi connectivity index (χ1v) is 13.4. The molecule has 2 aromatic carbocycles. The molecule has 3 amide bonds. The third kappa shape index (κ3) is 8.91. The van der Waals surface area contributed by atoms with Gasteiger partial charge in [0.15, 0.2) is 0 Å². The standard InChI is InChI=1S/C30H30ClFN4O4/c31-22-7-4-21(5-8-22)6-13-28(37)35-27(19-24-3-1-2-16-33-24)30(39)34-20-29(38)36-17-14-26(15-18-36)40-25-11-9-23(32)10-12-25/h1-13,16,26-27H,14-15,17-20H2,(H,34,39)(H,35,37)/b13-6+/t27-/m0/s1. The Hall–Kier alpha value is -4.24. The van der Waals surface area contributed by atoms with Crippen molar-refractivity contribution in [2.75, 3.05) is 19.6 Å². The Morgan fingerprint density at radius 1 is 1.05 bits per heavy atom. The van der Waals surface area contributed by atoms with Crippen molar-refractivity contribution in [2.45, 2.75) is 31.4 Å². The van der Waals surface area contributed by atoms with Crippen molar-refractivity contribution in [2.24, 2.45) is 0 Å². The van der Waals surface area contributed by atoms with E-state index in [1.165, 1.54) is 18.2 Å². The molecule has 1 aliphatic heterocycles. The van der Waals surface area contributed by atoms with Crippen LogP contribution in [0.1, 0.15) is 24.1 Å². The zero-order valence-electron chi connectivity index (χ0n) is 21.8. The highest BCUT2D eigenvalue weighted by Crippen LogP contribution is 2.19. The number of amides is 3. The Balaban J connectivity index is 1.28. The van der Waals surface area contributed by atoms with Crippen LogP contribution in [0.2, 0.25) is 5.02 Å². The normalized spacial score (nSPS) is 14.5. The number of carbonyl (C=O) groups excluding carboxylic acids is 3. The predicted molar refractivity (Wildman–Crippen MR) is 150 cm³/mol. The number of pyridine rings is 1. The van der Waals surface area contributed by atoms with Gasteiger partial charge in [0.1, 0.15) is 23.7 Å². The fraction of sp³-hybridized carbons (Fsp3) is 0.267. The van der Waals surface area contributed by atoms with Crippen LogP contribution in [0, 0.1) is 5.82 Å². The highest BCUT2D eigenvalue weighted by Gasteiger charge is 2.26. The van der Waals surface area contributed by atoms with E-state index >= 15 is 0 Å². The number of piperidine rings is 1. The molecule has 4 rings (SSSR count). The average Bonchev–Trinajstić information content (AvgIpc) is 2.97. The molecule has 1 aliphatic rings. The van der Waals surface area contributed by atoms with Crippen LogP contribution in [0.3, 0.4) is 0 Å². The summed E-state index contributed by atoms with van der Waals surface area (Å²) in [6, 6.07) is 17.2. The molecule has 0 aliphatic carbocycles. The highest BCUT2D eigenvalue weighted by molar-refractivity contribution is 6.30. The Morgan fingerprint density at radius 2 is 1.77 bits per heavy atom. The Morgan fingerprint density at radius 3 is 2.45 bits per heavy atom. The van der Waals surface area contributed by atoms with Gasteiger partial charge in [-0.1, -0.05) is 29.8 Å². The summed E-state index contributed by atoms with van der Waals surface area (Å²) >= 11 is 5.90. The number of likely N-dealkylation sites (tertiary alicyclic amines) is 1. The van der Waals surface area contributed by atoms with Crippen molar-refractivity contribution < 1.29 is 23.5 Å². The first-order chi connectivity index (χ1) is 19.4. The summed E-state index contributed by atoms with van der Waals surface area (Å²) in [5.41, 5.74) is 1.40. The minimum absolute atomic E-state index is 0.0806. The topological polar surface area (TPSA) is 101 Å². The summed E-state index contributed by atoms with van der Waals surface area (Å²) in [7, 11) is 0. The monoisotopic (exact) mass is 564 g/mol. The van der Waals surface area contributed by atoms with Gasteiger partial charge >= 0.3 is 0 Å². The van der Waals surface area contributed by atoms with Crippen LogP contribution in [0.25, 0.3) is 6.08 Å². The molecular weight excluding hydrogens is 535 g/mol. The van der Waals surface area contributed by atoms with Crippen LogP contribution in [0.15, 0.2) is 79.0 Å². The molecule has 0 unspecified atom stereocenters. The van der Waals surface area contributed by atoms with Gasteiger partial charge in [0.25, 0.3) is 0 Å². The Kier molecular flexibility index (Phi) is 10.2. The van der Waals surface area contributed by atoms with Crippen molar-refractivity contribution in [1.82, 2.24) is 20.5 Å². The molecule has 3 aromatic rings. The highest BCUT2D eigenvalue weighted by atomic mass is 35.5. The summed E-state index contributed by atoms with van der Waals surface area (Å²) < 4.78 is 19.0. The number of hydrogen-bond acceptors (Lipinski definition) is 5. The van der Waals surface area contributed by atoms with Crippen LogP contribution < -0.4 is 15.4 Å². The second-order valence-electron chi connectivity index (χ2n) is 9.34. The van der Waals surface area contributed by atoms with Crippen molar-refractivity contribution in [3.8, 4) is 5.75 Å². The predicted octanol–water partition coefficient (Wildman–Crippen LogP) is 3.80. The van der Waals surface area contributed by atoms with Gasteiger partial charge in [-0.2, -0.15) is 0 Å². The largest absolute Gasteiger partial charge is 0.490 e. The number of hydrogen-bond donors (Lipinski definition) is 2. The van der Waals surface area contributed by atoms with E-state index in [4.69, 9.17) is 16.3 Å². The smallest absolute Gasteiger partial charge is 0.244 e. The zero-order chi connectivity index (χ0) is 28.3. The Labute approximate surface area is 237 Å². The van der Waals surface area contributed by atoms with Crippen LogP contribution in [0.5, 0.6) is 5.75 Å². The number of carbonyl (C=O) groups is 3. The molecule has 2 N–H and O–H groups in total. The molecule has 208 valence electrons. The van der Waals surface area contributed by atoms with E-state index in [0.717, 1.165) is 5.56 Å². The lowest BCUT2D eigenvalue weighted by Gasteiger charge is -2.32. The molecular formula is C30H30ClFN4O4. The van der Waals surface area contributed by atoms with Crippen molar-refractivity contribution >= 4 is 35.4 Å². The van der Waals surface area contributed by atoms with E-state index in [1.807, 2.05) is 0 Å². The lowest BCUT2D eigenvalue weighted by molar-refractivity contribution is -0.135. The molecule has 40 heavy (non-hydrogen) atoms. The van der Waals surface area contributed by atoms with Crippen LogP contribution in [-0.2, 0) is 20.8 Å². The SMILES string of the molecule is O=C(/C=C/c1ccc(Cl)cc1)N[C@@H](Cc1ccccn1)C(=O)NCC(=O)N1CCC(Oc2ccc(F)cc2)CC1. The number of benzene rings is 2. The van der Waals surface area contributed by atoms with E-state index in [2.05, 4.69) is 15.6 Å². The van der Waals surface area contributed by atoms with Gasteiger partial charge in [0.2, 0.25) is 17.7 Å². The maximum atomic E-state index is 13.1. The number of nitrogens with one attached hydrogen (secondary N) is 2. The van der Waals surface area contributed by atoms with Crippen molar-refractivity contribution in [3.05, 3.63) is 101 Å². The van der Waals surface area contributed by atoms with Gasteiger partial charge in [-0.3, -0.25) is 19.4 Å². The van der Waals surface area contributed by atoms with E-state index < -0.39 is 17.9 Å². The third-order valence-corrected chi connectivity index (χ3v) is 6.65. The lowest BCUT2D eigenvalue weighted by Crippen LogP contribution is -2.51. The van der Waals surface area contributed by atoms with Gasteiger partial charge in [0.05, 0.1) is 6.54 Å². The molecule has 8 nitrogen and oxygen atoms in total. The first kappa shape index (κ1) is 28.8. The van der Waals surface area contributed by atoms with Crippen LogP contribution in [0.4, 0.5) is 4.39 Å². The van der Waals surface area contributed by atoms with Gasteiger partial charge in [-0.25, -0.2) is 4.39 Å². The average molecular weight is 565 g/mol. The summed E-state index contributed by atoms with van der Waals surface area (Å²) in [5.74, 6) is -0.907. The molecule has 0 radical (unpaired) electrons. The maximum Gasteiger partial charge on any atom is 0.244 e. The summed E-state index contributed by atoms with van der Waals surface area (Å²) in [5, 5.41) is 5.97. The third-order valence-electron chi connectivity index (χ3n) is 6.39. The minimum atomic E-state index is -0.931. The molecule has 1 saturated heterocycles.